The van der Waals surface area contributed by atoms with Crippen LogP contribution in [0.3, 0.4) is 0 Å². The molecule has 1 saturated heterocycles. The maximum atomic E-state index is 13.1. The number of hydrogen-bond donors (Lipinski definition) is 0. The van der Waals surface area contributed by atoms with Crippen LogP contribution in [0.25, 0.3) is 10.8 Å². The summed E-state index contributed by atoms with van der Waals surface area (Å²) < 4.78 is 5.94. The van der Waals surface area contributed by atoms with E-state index in [1.54, 1.807) is 0 Å². The minimum Gasteiger partial charge on any atom is -0.356 e. The van der Waals surface area contributed by atoms with Gasteiger partial charge in [-0.1, -0.05) is 131 Å². The van der Waals surface area contributed by atoms with E-state index in [9.17, 15) is 4.79 Å². The average molecular weight is 469 g/mol. The second-order valence-electron chi connectivity index (χ2n) is 10.8. The molecular formula is C33H40O2. The zero-order valence-corrected chi connectivity index (χ0v) is 21.1. The van der Waals surface area contributed by atoms with Crippen molar-refractivity contribution >= 4 is 16.6 Å². The number of ether oxygens (including phenoxy) is 1. The van der Waals surface area contributed by atoms with Crippen molar-refractivity contribution in [2.45, 2.75) is 95.7 Å². The van der Waals surface area contributed by atoms with Gasteiger partial charge in [0.1, 0.15) is 6.10 Å². The van der Waals surface area contributed by atoms with Crippen molar-refractivity contribution < 1.29 is 9.53 Å². The third kappa shape index (κ3) is 6.41. The molecule has 1 saturated carbocycles. The maximum absolute atomic E-state index is 13.1. The molecule has 1 heterocycles. The smallest absolute Gasteiger partial charge is 0.194 e. The second kappa shape index (κ2) is 12.0. The van der Waals surface area contributed by atoms with E-state index in [0.29, 0.717) is 0 Å². The molecule has 35 heavy (non-hydrogen) atoms. The van der Waals surface area contributed by atoms with E-state index in [2.05, 4.69) is 36.4 Å². The number of carbonyl (C=O) groups excluding carboxylic acids is 1. The Kier molecular flexibility index (Phi) is 8.31. The molecule has 3 aromatic rings. The van der Waals surface area contributed by atoms with Gasteiger partial charge in [0.15, 0.2) is 11.9 Å². The van der Waals surface area contributed by atoms with E-state index in [1.807, 2.05) is 30.3 Å². The van der Waals surface area contributed by atoms with Crippen LogP contribution in [0.2, 0.25) is 0 Å². The Morgan fingerprint density at radius 1 is 0.743 bits per heavy atom. The van der Waals surface area contributed by atoms with Gasteiger partial charge >= 0.3 is 0 Å². The lowest BCUT2D eigenvalue weighted by Crippen LogP contribution is -2.08. The van der Waals surface area contributed by atoms with Crippen LogP contribution in [0.1, 0.15) is 105 Å². The average Bonchev–Trinajstić information content (AvgIpc) is 3.71. The lowest BCUT2D eigenvalue weighted by molar-refractivity contribution is 0.0954. The predicted octanol–water partition coefficient (Wildman–Crippen LogP) is 9.02. The highest BCUT2D eigenvalue weighted by Gasteiger charge is 2.46. The number of epoxide rings is 1. The predicted molar refractivity (Wildman–Crippen MR) is 145 cm³/mol. The van der Waals surface area contributed by atoms with Crippen LogP contribution in [0.5, 0.6) is 0 Å². The Bertz CT molecular complexity index is 1110. The summed E-state index contributed by atoms with van der Waals surface area (Å²) in [4.78, 5) is 13.1. The van der Waals surface area contributed by atoms with Crippen molar-refractivity contribution in [1.82, 2.24) is 0 Å². The summed E-state index contributed by atoms with van der Waals surface area (Å²) in [5, 5.41) is 2.26. The molecule has 0 radical (unpaired) electrons. The summed E-state index contributed by atoms with van der Waals surface area (Å²) in [5.74, 6) is 1.13. The van der Waals surface area contributed by atoms with E-state index >= 15 is 0 Å². The fourth-order valence-corrected chi connectivity index (χ4v) is 6.03. The maximum Gasteiger partial charge on any atom is 0.194 e. The van der Waals surface area contributed by atoms with E-state index < -0.39 is 0 Å². The van der Waals surface area contributed by atoms with Gasteiger partial charge in [0.2, 0.25) is 0 Å². The number of unbranched alkanes of at least 4 members (excludes halogenated alkanes) is 5. The highest BCUT2D eigenvalue weighted by Crippen LogP contribution is 2.42. The normalized spacial score (nSPS) is 20.2. The topological polar surface area (TPSA) is 29.6 Å². The van der Waals surface area contributed by atoms with Gasteiger partial charge in [-0.05, 0) is 46.7 Å². The second-order valence-corrected chi connectivity index (χ2v) is 10.8. The first-order chi connectivity index (χ1) is 17.3. The zero-order valence-electron chi connectivity index (χ0n) is 21.1. The number of carbonyl (C=O) groups is 1. The van der Waals surface area contributed by atoms with Crippen LogP contribution in [-0.4, -0.2) is 11.9 Å². The molecule has 2 aliphatic rings. The van der Waals surface area contributed by atoms with Crippen LogP contribution in [0.15, 0.2) is 66.7 Å². The molecule has 2 heteroatoms. The Balaban J connectivity index is 1.06. The van der Waals surface area contributed by atoms with Gasteiger partial charge in [0.25, 0.3) is 0 Å². The Labute approximate surface area is 211 Å². The van der Waals surface area contributed by atoms with E-state index in [4.69, 9.17) is 4.74 Å². The van der Waals surface area contributed by atoms with Gasteiger partial charge in [-0.25, -0.2) is 0 Å². The molecule has 0 unspecified atom stereocenters. The number of ketones is 1. The van der Waals surface area contributed by atoms with Gasteiger partial charge in [-0.3, -0.25) is 4.79 Å². The zero-order chi connectivity index (χ0) is 23.9. The quantitative estimate of drug-likeness (QED) is 0.151. The Hall–Kier alpha value is -2.45. The van der Waals surface area contributed by atoms with Crippen molar-refractivity contribution in [3.63, 3.8) is 0 Å². The number of aryl methyl sites for hydroxylation is 1. The van der Waals surface area contributed by atoms with Crippen molar-refractivity contribution in [2.24, 2.45) is 5.92 Å². The van der Waals surface area contributed by atoms with Gasteiger partial charge in [-0.15, -0.1) is 0 Å². The molecule has 0 aromatic heterocycles. The molecule has 1 aliphatic carbocycles. The van der Waals surface area contributed by atoms with Crippen molar-refractivity contribution in [3.05, 3.63) is 83.4 Å². The molecule has 2 atom stereocenters. The summed E-state index contributed by atoms with van der Waals surface area (Å²) in [6.45, 7) is 0. The third-order valence-corrected chi connectivity index (χ3v) is 8.18. The molecule has 0 spiro atoms. The first-order valence-corrected chi connectivity index (χ1v) is 14.1. The lowest BCUT2D eigenvalue weighted by atomic mass is 9.85. The number of Topliss-reactive ketones (excluding diaryl/α,β-unsaturated/α-hetero) is 1. The van der Waals surface area contributed by atoms with Crippen LogP contribution in [0.4, 0.5) is 0 Å². The van der Waals surface area contributed by atoms with Crippen molar-refractivity contribution in [1.29, 1.82) is 0 Å². The summed E-state index contributed by atoms with van der Waals surface area (Å²) in [5.41, 5.74) is 3.31. The minimum atomic E-state index is -0.346. The minimum absolute atomic E-state index is 0.0926. The van der Waals surface area contributed by atoms with Gasteiger partial charge < -0.3 is 4.74 Å². The number of fused-ring (bicyclic) bond motifs is 1. The monoisotopic (exact) mass is 468 g/mol. The van der Waals surface area contributed by atoms with Gasteiger partial charge in [-0.2, -0.15) is 0 Å². The highest BCUT2D eigenvalue weighted by atomic mass is 16.6. The Morgan fingerprint density at radius 3 is 2.31 bits per heavy atom. The molecule has 1 aliphatic heterocycles. The molecule has 184 valence electrons. The molecule has 3 aromatic carbocycles. The standard InChI is InChI=1S/C33H40O2/c34-31(29-23-22-26-17-10-11-20-28(26)24-29)33-32(35-33)30-21-13-12-19-27(30)18-9-4-2-1-3-6-14-25-15-7-5-8-16-25/h10-13,17,19-25,32-33H,1-9,14-16,18H2/t32-,33-/m0/s1. The van der Waals surface area contributed by atoms with Crippen molar-refractivity contribution in [2.75, 3.05) is 0 Å². The number of rotatable bonds is 12. The van der Waals surface area contributed by atoms with Crippen LogP contribution < -0.4 is 0 Å². The molecule has 2 fully saturated rings. The molecule has 0 bridgehead atoms. The van der Waals surface area contributed by atoms with Gasteiger partial charge in [0, 0.05) is 5.56 Å². The van der Waals surface area contributed by atoms with Crippen LogP contribution in [0, 0.1) is 5.92 Å². The van der Waals surface area contributed by atoms with Crippen LogP contribution in [-0.2, 0) is 11.2 Å². The molecule has 2 nitrogen and oxygen atoms in total. The Morgan fingerprint density at radius 2 is 1.46 bits per heavy atom. The summed E-state index contributed by atoms with van der Waals surface area (Å²) in [6.07, 6.45) is 17.5. The number of benzene rings is 3. The molecule has 0 N–H and O–H groups in total. The molecular weight excluding hydrogens is 428 g/mol. The first-order valence-electron chi connectivity index (χ1n) is 14.1. The number of hydrogen-bond acceptors (Lipinski definition) is 2. The van der Waals surface area contributed by atoms with Crippen molar-refractivity contribution in [3.8, 4) is 0 Å². The van der Waals surface area contributed by atoms with E-state index in [1.165, 1.54) is 88.2 Å². The van der Waals surface area contributed by atoms with Gasteiger partial charge in [0.05, 0.1) is 0 Å². The lowest BCUT2D eigenvalue weighted by Gasteiger charge is -2.21. The molecule has 0 amide bonds. The largest absolute Gasteiger partial charge is 0.356 e. The van der Waals surface area contributed by atoms with Crippen LogP contribution >= 0.6 is 0 Å². The first kappa shape index (κ1) is 24.3. The van der Waals surface area contributed by atoms with E-state index in [-0.39, 0.29) is 18.0 Å². The third-order valence-electron chi connectivity index (χ3n) is 8.18. The SMILES string of the molecule is O=C(c1ccc2ccccc2c1)[C@@H]1O[C@H]1c1ccccc1CCCCCCCCC1CCCCC1. The molecule has 5 rings (SSSR count). The summed E-state index contributed by atoms with van der Waals surface area (Å²) in [6, 6.07) is 22.7. The fourth-order valence-electron chi connectivity index (χ4n) is 6.03. The fraction of sp³-hybridized carbons (Fsp3) is 0.485. The highest BCUT2D eigenvalue weighted by molar-refractivity contribution is 6.04. The summed E-state index contributed by atoms with van der Waals surface area (Å²) in [7, 11) is 0. The summed E-state index contributed by atoms with van der Waals surface area (Å²) >= 11 is 0. The van der Waals surface area contributed by atoms with E-state index in [0.717, 1.165) is 28.7 Å².